The maximum Gasteiger partial charge on any atom is 0.0654 e. The summed E-state index contributed by atoms with van der Waals surface area (Å²) < 4.78 is 0. The van der Waals surface area contributed by atoms with E-state index < -0.39 is 0 Å². The second-order valence-electron chi connectivity index (χ2n) is 4.44. The zero-order valence-electron chi connectivity index (χ0n) is 10.0. The van der Waals surface area contributed by atoms with Gasteiger partial charge < -0.3 is 10.2 Å². The zero-order valence-corrected chi connectivity index (χ0v) is 11.6. The van der Waals surface area contributed by atoms with Gasteiger partial charge in [-0.3, -0.25) is 0 Å². The molecule has 1 atom stereocenters. The van der Waals surface area contributed by atoms with Crippen LogP contribution in [0.2, 0.25) is 10.0 Å². The molecule has 2 rings (SSSR count). The van der Waals surface area contributed by atoms with Crippen LogP contribution in [-0.2, 0) is 0 Å². The van der Waals surface area contributed by atoms with E-state index in [-0.39, 0.29) is 0 Å². The molecule has 2 nitrogen and oxygen atoms in total. The van der Waals surface area contributed by atoms with E-state index >= 15 is 0 Å². The van der Waals surface area contributed by atoms with E-state index in [0.29, 0.717) is 11.1 Å². The van der Waals surface area contributed by atoms with Gasteiger partial charge in [0.2, 0.25) is 0 Å². The molecular formula is C13H18Cl2N2. The molecule has 0 saturated carbocycles. The summed E-state index contributed by atoms with van der Waals surface area (Å²) in [5.74, 6) is 0. The Labute approximate surface area is 113 Å². The SMILES string of the molecule is CCNC1CCCN(c2ccc(Cl)cc2Cl)C1. The van der Waals surface area contributed by atoms with Crippen LogP contribution in [0.4, 0.5) is 5.69 Å². The fourth-order valence-corrected chi connectivity index (χ4v) is 2.92. The Kier molecular flexibility index (Phi) is 4.55. The molecule has 1 unspecified atom stereocenters. The third-order valence-electron chi connectivity index (χ3n) is 3.16. The van der Waals surface area contributed by atoms with Crippen molar-refractivity contribution in [2.45, 2.75) is 25.8 Å². The minimum atomic E-state index is 0.570. The number of hydrogen-bond donors (Lipinski definition) is 1. The predicted molar refractivity (Wildman–Crippen MR) is 75.4 cm³/mol. The number of piperidine rings is 1. The van der Waals surface area contributed by atoms with Gasteiger partial charge in [-0.15, -0.1) is 0 Å². The maximum absolute atomic E-state index is 6.24. The maximum atomic E-state index is 6.24. The molecular weight excluding hydrogens is 255 g/mol. The first-order valence-electron chi connectivity index (χ1n) is 6.14. The van der Waals surface area contributed by atoms with Gasteiger partial charge in [0.05, 0.1) is 10.7 Å². The van der Waals surface area contributed by atoms with E-state index in [2.05, 4.69) is 17.1 Å². The van der Waals surface area contributed by atoms with Crippen LogP contribution in [0.5, 0.6) is 0 Å². The molecule has 1 aliphatic rings. The number of rotatable bonds is 3. The van der Waals surface area contributed by atoms with Crippen molar-refractivity contribution in [3.8, 4) is 0 Å². The molecule has 0 amide bonds. The van der Waals surface area contributed by atoms with E-state index in [4.69, 9.17) is 23.2 Å². The van der Waals surface area contributed by atoms with Gasteiger partial charge in [-0.1, -0.05) is 30.1 Å². The van der Waals surface area contributed by atoms with E-state index in [9.17, 15) is 0 Å². The lowest BCUT2D eigenvalue weighted by Crippen LogP contribution is -2.45. The highest BCUT2D eigenvalue weighted by Crippen LogP contribution is 2.30. The summed E-state index contributed by atoms with van der Waals surface area (Å²) in [4.78, 5) is 2.34. The lowest BCUT2D eigenvalue weighted by molar-refractivity contribution is 0.431. The quantitative estimate of drug-likeness (QED) is 0.905. The summed E-state index contributed by atoms with van der Waals surface area (Å²) >= 11 is 12.2. The second kappa shape index (κ2) is 5.94. The number of nitrogens with zero attached hydrogens (tertiary/aromatic N) is 1. The summed E-state index contributed by atoms with van der Waals surface area (Å²) in [6, 6.07) is 6.30. The summed E-state index contributed by atoms with van der Waals surface area (Å²) in [6.07, 6.45) is 2.45. The summed E-state index contributed by atoms with van der Waals surface area (Å²) in [5, 5.41) is 4.94. The van der Waals surface area contributed by atoms with Crippen LogP contribution in [0.25, 0.3) is 0 Å². The average Bonchev–Trinajstić information content (AvgIpc) is 2.29. The van der Waals surface area contributed by atoms with Gasteiger partial charge in [-0.2, -0.15) is 0 Å². The van der Waals surface area contributed by atoms with Gasteiger partial charge in [0, 0.05) is 24.2 Å². The molecule has 17 heavy (non-hydrogen) atoms. The van der Waals surface area contributed by atoms with Crippen molar-refractivity contribution < 1.29 is 0 Å². The Hall–Kier alpha value is -0.440. The standard InChI is InChI=1S/C13H18Cl2N2/c1-2-16-11-4-3-7-17(9-11)13-6-5-10(14)8-12(13)15/h5-6,8,11,16H,2-4,7,9H2,1H3. The van der Waals surface area contributed by atoms with Gasteiger partial charge in [-0.05, 0) is 37.6 Å². The van der Waals surface area contributed by atoms with Crippen molar-refractivity contribution in [3.05, 3.63) is 28.2 Å². The van der Waals surface area contributed by atoms with Crippen molar-refractivity contribution >= 4 is 28.9 Å². The summed E-state index contributed by atoms with van der Waals surface area (Å²) in [6.45, 7) is 5.26. The number of benzene rings is 1. The molecule has 0 aliphatic carbocycles. The van der Waals surface area contributed by atoms with Crippen LogP contribution in [0.3, 0.4) is 0 Å². The molecule has 94 valence electrons. The smallest absolute Gasteiger partial charge is 0.0654 e. The van der Waals surface area contributed by atoms with Crippen molar-refractivity contribution in [1.29, 1.82) is 0 Å². The third kappa shape index (κ3) is 3.27. The molecule has 1 saturated heterocycles. The van der Waals surface area contributed by atoms with E-state index in [1.807, 2.05) is 18.2 Å². The Morgan fingerprint density at radius 3 is 2.94 bits per heavy atom. The fourth-order valence-electron chi connectivity index (χ4n) is 2.39. The largest absolute Gasteiger partial charge is 0.369 e. The number of anilines is 1. The highest BCUT2D eigenvalue weighted by Gasteiger charge is 2.20. The molecule has 0 bridgehead atoms. The van der Waals surface area contributed by atoms with E-state index in [0.717, 1.165) is 30.3 Å². The van der Waals surface area contributed by atoms with Gasteiger partial charge in [-0.25, -0.2) is 0 Å². The van der Waals surface area contributed by atoms with Crippen LogP contribution >= 0.6 is 23.2 Å². The summed E-state index contributed by atoms with van der Waals surface area (Å²) in [7, 11) is 0. The Morgan fingerprint density at radius 2 is 2.24 bits per heavy atom. The normalized spacial score (nSPS) is 20.6. The van der Waals surface area contributed by atoms with Crippen molar-refractivity contribution in [1.82, 2.24) is 5.32 Å². The third-order valence-corrected chi connectivity index (χ3v) is 3.70. The molecule has 0 spiro atoms. The Balaban J connectivity index is 2.10. The van der Waals surface area contributed by atoms with Crippen LogP contribution in [-0.4, -0.2) is 25.7 Å². The van der Waals surface area contributed by atoms with Gasteiger partial charge in [0.15, 0.2) is 0 Å². The lowest BCUT2D eigenvalue weighted by Gasteiger charge is -2.35. The minimum Gasteiger partial charge on any atom is -0.369 e. The van der Waals surface area contributed by atoms with Crippen LogP contribution in [0.1, 0.15) is 19.8 Å². The molecule has 0 radical (unpaired) electrons. The van der Waals surface area contributed by atoms with Crippen molar-refractivity contribution in [2.24, 2.45) is 0 Å². The number of likely N-dealkylation sites (N-methyl/N-ethyl adjacent to an activating group) is 1. The molecule has 1 aromatic carbocycles. The highest BCUT2D eigenvalue weighted by molar-refractivity contribution is 6.36. The second-order valence-corrected chi connectivity index (χ2v) is 5.28. The van der Waals surface area contributed by atoms with Crippen molar-refractivity contribution in [3.63, 3.8) is 0 Å². The molecule has 0 aromatic heterocycles. The Morgan fingerprint density at radius 1 is 1.41 bits per heavy atom. The number of nitrogens with one attached hydrogen (secondary N) is 1. The highest BCUT2D eigenvalue weighted by atomic mass is 35.5. The average molecular weight is 273 g/mol. The van der Waals surface area contributed by atoms with Crippen LogP contribution in [0.15, 0.2) is 18.2 Å². The Bertz CT molecular complexity index is 380. The first-order chi connectivity index (χ1) is 8.20. The van der Waals surface area contributed by atoms with E-state index in [1.54, 1.807) is 0 Å². The van der Waals surface area contributed by atoms with Crippen molar-refractivity contribution in [2.75, 3.05) is 24.5 Å². The molecule has 1 heterocycles. The van der Waals surface area contributed by atoms with Gasteiger partial charge in [0.1, 0.15) is 0 Å². The molecule has 1 aliphatic heterocycles. The predicted octanol–water partition coefficient (Wildman–Crippen LogP) is 3.57. The monoisotopic (exact) mass is 272 g/mol. The number of halogens is 2. The molecule has 1 aromatic rings. The van der Waals surface area contributed by atoms with E-state index in [1.165, 1.54) is 12.8 Å². The first-order valence-corrected chi connectivity index (χ1v) is 6.89. The molecule has 1 N–H and O–H groups in total. The summed E-state index contributed by atoms with van der Waals surface area (Å²) in [5.41, 5.74) is 1.10. The molecule has 4 heteroatoms. The zero-order chi connectivity index (χ0) is 12.3. The van der Waals surface area contributed by atoms with Crippen LogP contribution < -0.4 is 10.2 Å². The van der Waals surface area contributed by atoms with Gasteiger partial charge >= 0.3 is 0 Å². The van der Waals surface area contributed by atoms with Crippen LogP contribution in [0, 0.1) is 0 Å². The first kappa shape index (κ1) is 13.0. The van der Waals surface area contributed by atoms with Gasteiger partial charge in [0.25, 0.3) is 0 Å². The fraction of sp³-hybridized carbons (Fsp3) is 0.538. The lowest BCUT2D eigenvalue weighted by atomic mass is 10.0. The topological polar surface area (TPSA) is 15.3 Å². The minimum absolute atomic E-state index is 0.570. The molecule has 1 fully saturated rings. The number of hydrogen-bond acceptors (Lipinski definition) is 2.